The average Bonchev–Trinajstić information content (AvgIpc) is 2.91. The van der Waals surface area contributed by atoms with Gasteiger partial charge in [0.05, 0.1) is 12.0 Å². The Morgan fingerprint density at radius 2 is 1.91 bits per heavy atom. The first-order chi connectivity index (χ1) is 11.2. The minimum absolute atomic E-state index is 0.0842. The number of hydrogen-bond donors (Lipinski definition) is 0. The van der Waals surface area contributed by atoms with Crippen LogP contribution < -0.4 is 4.74 Å². The summed E-state index contributed by atoms with van der Waals surface area (Å²) in [5.41, 5.74) is 2.00. The van der Waals surface area contributed by atoms with Crippen molar-refractivity contribution in [3.8, 4) is 5.75 Å². The molecule has 2 aromatic rings. The van der Waals surface area contributed by atoms with E-state index in [2.05, 4.69) is 5.10 Å². The Morgan fingerprint density at radius 3 is 2.57 bits per heavy atom. The Labute approximate surface area is 144 Å². The number of benzene rings is 2. The van der Waals surface area contributed by atoms with Gasteiger partial charge in [-0.2, -0.15) is 10.1 Å². The van der Waals surface area contributed by atoms with Crippen LogP contribution in [0, 0.1) is 0 Å². The quantitative estimate of drug-likeness (QED) is 0.616. The maximum atomic E-state index is 11.6. The molecular weight excluding hydrogens is 328 g/mol. The lowest BCUT2D eigenvalue weighted by atomic mass is 10.2. The monoisotopic (exact) mass is 342 g/mol. The van der Waals surface area contributed by atoms with Gasteiger partial charge in [-0.3, -0.25) is 4.79 Å². The third-order valence-corrected chi connectivity index (χ3v) is 4.52. The zero-order valence-corrected chi connectivity index (χ0v) is 13.8. The molecule has 0 atom stereocenters. The molecule has 0 unspecified atom stereocenters. The van der Waals surface area contributed by atoms with Gasteiger partial charge in [-0.25, -0.2) is 0 Å². The lowest BCUT2D eigenvalue weighted by Gasteiger charge is -2.07. The average molecular weight is 342 g/mol. The summed E-state index contributed by atoms with van der Waals surface area (Å²) in [4.78, 5) is 11.6. The third-order valence-electron chi connectivity index (χ3n) is 3.18. The molecule has 0 radical (unpaired) electrons. The molecule has 1 heterocycles. The minimum atomic E-state index is -0.0842. The second-order valence-corrected chi connectivity index (χ2v) is 6.46. The first-order valence-corrected chi connectivity index (χ1v) is 8.42. The van der Waals surface area contributed by atoms with Gasteiger partial charge in [-0.15, -0.1) is 0 Å². The molecule has 0 aromatic heterocycles. The summed E-state index contributed by atoms with van der Waals surface area (Å²) < 4.78 is 6.22. The standard InChI is InChI=1S/C17H14N2O2S2/c20-16-12-23-17(22)19(16)18-10-13-6-8-15(9-7-13)21-11-14-4-2-1-3-5-14/h1-10H,11-12H2/b18-10+. The van der Waals surface area contributed by atoms with Crippen molar-refractivity contribution in [1.29, 1.82) is 0 Å². The molecule has 0 spiro atoms. The second kappa shape index (κ2) is 7.39. The predicted molar refractivity (Wildman–Crippen MR) is 96.7 cm³/mol. The van der Waals surface area contributed by atoms with Gasteiger partial charge >= 0.3 is 0 Å². The van der Waals surface area contributed by atoms with Crippen molar-refractivity contribution in [1.82, 2.24) is 5.01 Å². The van der Waals surface area contributed by atoms with Crippen molar-refractivity contribution >= 4 is 40.4 Å². The van der Waals surface area contributed by atoms with Gasteiger partial charge in [0.25, 0.3) is 5.91 Å². The summed E-state index contributed by atoms with van der Waals surface area (Å²) in [7, 11) is 0. The van der Waals surface area contributed by atoms with Gasteiger partial charge in [-0.1, -0.05) is 54.3 Å². The van der Waals surface area contributed by atoms with E-state index in [-0.39, 0.29) is 5.91 Å². The van der Waals surface area contributed by atoms with Gasteiger partial charge in [0.1, 0.15) is 12.4 Å². The highest BCUT2D eigenvalue weighted by Gasteiger charge is 2.25. The van der Waals surface area contributed by atoms with Crippen LogP contribution >= 0.6 is 24.0 Å². The highest BCUT2D eigenvalue weighted by molar-refractivity contribution is 8.23. The second-order valence-electron chi connectivity index (χ2n) is 4.85. The third kappa shape index (κ3) is 4.18. The van der Waals surface area contributed by atoms with Gasteiger partial charge in [0.2, 0.25) is 0 Å². The van der Waals surface area contributed by atoms with Crippen molar-refractivity contribution in [3.63, 3.8) is 0 Å². The molecule has 3 rings (SSSR count). The Bertz CT molecular complexity index is 714. The Balaban J connectivity index is 1.59. The molecule has 116 valence electrons. The van der Waals surface area contributed by atoms with Crippen molar-refractivity contribution in [2.75, 3.05) is 5.75 Å². The zero-order valence-electron chi connectivity index (χ0n) is 12.2. The first kappa shape index (κ1) is 15.7. The summed E-state index contributed by atoms with van der Waals surface area (Å²) in [6.45, 7) is 0.530. The molecule has 0 bridgehead atoms. The van der Waals surface area contributed by atoms with E-state index in [0.29, 0.717) is 16.7 Å². The predicted octanol–water partition coefficient (Wildman–Crippen LogP) is 3.46. The van der Waals surface area contributed by atoms with Crippen LogP contribution in [-0.2, 0) is 11.4 Å². The number of thiocarbonyl (C=S) groups is 1. The van der Waals surface area contributed by atoms with Crippen LogP contribution in [-0.4, -0.2) is 27.2 Å². The van der Waals surface area contributed by atoms with Crippen LogP contribution in [0.3, 0.4) is 0 Å². The van der Waals surface area contributed by atoms with E-state index in [1.165, 1.54) is 16.8 Å². The van der Waals surface area contributed by atoms with Crippen molar-refractivity contribution in [2.45, 2.75) is 6.61 Å². The summed E-state index contributed by atoms with van der Waals surface area (Å²) in [5, 5.41) is 5.40. The minimum Gasteiger partial charge on any atom is -0.489 e. The zero-order chi connectivity index (χ0) is 16.1. The molecule has 0 saturated carbocycles. The van der Waals surface area contributed by atoms with Crippen LogP contribution in [0.1, 0.15) is 11.1 Å². The van der Waals surface area contributed by atoms with E-state index < -0.39 is 0 Å². The van der Waals surface area contributed by atoms with E-state index in [4.69, 9.17) is 17.0 Å². The topological polar surface area (TPSA) is 41.9 Å². The number of rotatable bonds is 5. The molecule has 1 aliphatic heterocycles. The lowest BCUT2D eigenvalue weighted by Crippen LogP contribution is -2.22. The molecule has 1 fully saturated rings. The summed E-state index contributed by atoms with van der Waals surface area (Å²) >= 11 is 6.40. The molecule has 2 aromatic carbocycles. The number of amides is 1. The highest BCUT2D eigenvalue weighted by Crippen LogP contribution is 2.19. The van der Waals surface area contributed by atoms with Crippen molar-refractivity contribution in [3.05, 3.63) is 65.7 Å². The Kier molecular flexibility index (Phi) is 5.05. The molecule has 1 aliphatic rings. The van der Waals surface area contributed by atoms with E-state index in [1.54, 1.807) is 6.21 Å². The number of thioether (sulfide) groups is 1. The number of ether oxygens (including phenoxy) is 1. The van der Waals surface area contributed by atoms with Gasteiger partial charge in [-0.05, 0) is 35.4 Å². The largest absolute Gasteiger partial charge is 0.489 e. The maximum Gasteiger partial charge on any atom is 0.259 e. The Morgan fingerprint density at radius 1 is 1.17 bits per heavy atom. The fraction of sp³-hybridized carbons (Fsp3) is 0.118. The number of hydrazone groups is 1. The molecule has 4 nitrogen and oxygen atoms in total. The van der Waals surface area contributed by atoms with Gasteiger partial charge < -0.3 is 4.74 Å². The van der Waals surface area contributed by atoms with Gasteiger partial charge in [0.15, 0.2) is 4.32 Å². The SMILES string of the molecule is O=C1CSC(=S)N1/N=C/c1ccc(OCc2ccccc2)cc1. The van der Waals surface area contributed by atoms with Crippen molar-refractivity contribution < 1.29 is 9.53 Å². The molecule has 6 heteroatoms. The van der Waals surface area contributed by atoms with E-state index in [0.717, 1.165) is 16.9 Å². The van der Waals surface area contributed by atoms with Crippen LogP contribution in [0.4, 0.5) is 0 Å². The summed E-state index contributed by atoms with van der Waals surface area (Å²) in [6.07, 6.45) is 1.62. The fourth-order valence-electron chi connectivity index (χ4n) is 1.97. The number of carbonyl (C=O) groups excluding carboxylic acids is 1. The Hall–Kier alpha value is -2.18. The molecule has 1 amide bonds. The van der Waals surface area contributed by atoms with Gasteiger partial charge in [0, 0.05) is 0 Å². The number of carbonyl (C=O) groups is 1. The highest BCUT2D eigenvalue weighted by atomic mass is 32.2. The van der Waals surface area contributed by atoms with E-state index >= 15 is 0 Å². The maximum absolute atomic E-state index is 11.6. The summed E-state index contributed by atoms with van der Waals surface area (Å²) in [6, 6.07) is 17.5. The first-order valence-electron chi connectivity index (χ1n) is 7.03. The molecule has 1 saturated heterocycles. The fourth-order valence-corrected chi connectivity index (χ4v) is 2.94. The van der Waals surface area contributed by atoms with E-state index in [1.807, 2.05) is 54.6 Å². The van der Waals surface area contributed by atoms with Crippen molar-refractivity contribution in [2.24, 2.45) is 5.10 Å². The molecule has 0 aliphatic carbocycles. The normalized spacial score (nSPS) is 14.7. The molecule has 23 heavy (non-hydrogen) atoms. The lowest BCUT2D eigenvalue weighted by molar-refractivity contribution is -0.123. The number of hydrogen-bond acceptors (Lipinski definition) is 5. The van der Waals surface area contributed by atoms with Crippen LogP contribution in [0.25, 0.3) is 0 Å². The van der Waals surface area contributed by atoms with Crippen LogP contribution in [0.2, 0.25) is 0 Å². The van der Waals surface area contributed by atoms with Crippen LogP contribution in [0.5, 0.6) is 5.75 Å². The molecule has 0 N–H and O–H groups in total. The number of nitrogens with zero attached hydrogens (tertiary/aromatic N) is 2. The smallest absolute Gasteiger partial charge is 0.259 e. The molecular formula is C17H14N2O2S2. The van der Waals surface area contributed by atoms with Crippen LogP contribution in [0.15, 0.2) is 59.7 Å². The summed E-state index contributed by atoms with van der Waals surface area (Å²) in [5.74, 6) is 1.07. The van der Waals surface area contributed by atoms with E-state index in [9.17, 15) is 4.79 Å².